The number of carbonyl (C=O) groups excluding carboxylic acids is 2. The van der Waals surface area contributed by atoms with Crippen LogP contribution in [0.3, 0.4) is 0 Å². The highest BCUT2D eigenvalue weighted by Gasteiger charge is 2.36. The van der Waals surface area contributed by atoms with Crippen LogP contribution in [0.1, 0.15) is 30.6 Å². The van der Waals surface area contributed by atoms with Crippen LogP contribution in [0.2, 0.25) is 5.02 Å². The summed E-state index contributed by atoms with van der Waals surface area (Å²) in [4.78, 5) is 36.3. The lowest BCUT2D eigenvalue weighted by atomic mass is 10.2. The summed E-state index contributed by atoms with van der Waals surface area (Å²) in [5.41, 5.74) is -0.381. The lowest BCUT2D eigenvalue weighted by Crippen LogP contribution is -2.46. The molecule has 0 saturated carbocycles. The van der Waals surface area contributed by atoms with Gasteiger partial charge in [-0.2, -0.15) is 0 Å². The van der Waals surface area contributed by atoms with Gasteiger partial charge in [-0.3, -0.25) is 14.9 Å². The molecule has 1 amide bonds. The van der Waals surface area contributed by atoms with Crippen molar-refractivity contribution in [3.05, 3.63) is 38.9 Å². The zero-order valence-electron chi connectivity index (χ0n) is 14.8. The number of carbonyl (C=O) groups is 2. The summed E-state index contributed by atoms with van der Waals surface area (Å²) in [5, 5.41) is 10.6. The number of amides is 1. The molecule has 0 radical (unpaired) electrons. The molecule has 0 aliphatic carbocycles. The first-order valence-corrected chi connectivity index (χ1v) is 10.4. The summed E-state index contributed by atoms with van der Waals surface area (Å²) in [6.07, 6.45) is -0.816. The molecule has 1 aromatic carbocycles. The highest BCUT2D eigenvalue weighted by atomic mass is 35.5. The summed E-state index contributed by atoms with van der Waals surface area (Å²) in [6, 6.07) is 2.83. The first-order chi connectivity index (χ1) is 12.6. The Morgan fingerprint density at radius 3 is 2.59 bits per heavy atom. The summed E-state index contributed by atoms with van der Waals surface area (Å²) >= 11 is 5.89. The largest absolute Gasteiger partial charge is 0.449 e. The molecule has 1 aliphatic heterocycles. The monoisotopic (exact) mass is 418 g/mol. The molecule has 1 fully saturated rings. The van der Waals surface area contributed by atoms with Crippen molar-refractivity contribution in [1.82, 2.24) is 4.90 Å². The maximum atomic E-state index is 12.6. The van der Waals surface area contributed by atoms with E-state index in [2.05, 4.69) is 0 Å². The highest BCUT2D eigenvalue weighted by Crippen LogP contribution is 2.24. The second-order valence-electron chi connectivity index (χ2n) is 6.15. The number of rotatable bonds is 6. The van der Waals surface area contributed by atoms with Crippen LogP contribution in [0.25, 0.3) is 0 Å². The number of ether oxygens (including phenoxy) is 1. The zero-order chi connectivity index (χ0) is 20.4. The van der Waals surface area contributed by atoms with Gasteiger partial charge in [0, 0.05) is 24.7 Å². The first kappa shape index (κ1) is 21.1. The quantitative estimate of drug-likeness (QED) is 0.392. The fourth-order valence-corrected chi connectivity index (χ4v) is 4.89. The van der Waals surface area contributed by atoms with Crippen LogP contribution in [0, 0.1) is 10.1 Å². The van der Waals surface area contributed by atoms with Gasteiger partial charge < -0.3 is 9.64 Å². The summed E-state index contributed by atoms with van der Waals surface area (Å²) in [6.45, 7) is 3.37. The second-order valence-corrected chi connectivity index (χ2v) is 8.79. The Morgan fingerprint density at radius 1 is 1.44 bits per heavy atom. The lowest BCUT2D eigenvalue weighted by Gasteiger charge is -2.29. The highest BCUT2D eigenvalue weighted by molar-refractivity contribution is 7.91. The van der Waals surface area contributed by atoms with Crippen molar-refractivity contribution in [3.8, 4) is 0 Å². The van der Waals surface area contributed by atoms with Gasteiger partial charge >= 0.3 is 5.97 Å². The topological polar surface area (TPSA) is 124 Å². The zero-order valence-corrected chi connectivity index (χ0v) is 16.3. The van der Waals surface area contributed by atoms with Crippen LogP contribution in [0.4, 0.5) is 5.69 Å². The number of benzene rings is 1. The number of esters is 1. The third-order valence-corrected chi connectivity index (χ3v) is 6.35. The molecular formula is C16H19ClN2O7S. The number of hydrogen-bond acceptors (Lipinski definition) is 7. The molecule has 0 N–H and O–H groups in total. The van der Waals surface area contributed by atoms with Crippen molar-refractivity contribution in [2.45, 2.75) is 32.4 Å². The van der Waals surface area contributed by atoms with Crippen molar-refractivity contribution >= 4 is 39.0 Å². The van der Waals surface area contributed by atoms with Crippen molar-refractivity contribution in [3.63, 3.8) is 0 Å². The molecule has 27 heavy (non-hydrogen) atoms. The molecular weight excluding hydrogens is 400 g/mol. The number of halogens is 1. The molecule has 0 unspecified atom stereocenters. The maximum Gasteiger partial charge on any atom is 0.340 e. The second kappa shape index (κ2) is 8.22. The third-order valence-electron chi connectivity index (χ3n) is 4.29. The predicted octanol–water partition coefficient (Wildman–Crippen LogP) is 1.83. The minimum absolute atomic E-state index is 0.0218. The lowest BCUT2D eigenvalue weighted by molar-refractivity contribution is -0.384. The van der Waals surface area contributed by atoms with E-state index in [4.69, 9.17) is 16.3 Å². The SMILES string of the molecule is CCN(C(=O)[C@H](C)OC(=O)c1ccc([N+](=O)[O-])cc1Cl)[C@@H]1CCS(=O)(=O)C1. The fraction of sp³-hybridized carbons (Fsp3) is 0.500. The van der Waals surface area contributed by atoms with Gasteiger partial charge in [-0.1, -0.05) is 11.6 Å². The summed E-state index contributed by atoms with van der Waals surface area (Å²) < 4.78 is 28.4. The molecule has 1 heterocycles. The van der Waals surface area contributed by atoms with E-state index in [1.54, 1.807) is 6.92 Å². The number of sulfone groups is 1. The first-order valence-electron chi connectivity index (χ1n) is 8.21. The molecule has 0 aromatic heterocycles. The Bertz CT molecular complexity index is 872. The Hall–Kier alpha value is -2.20. The third kappa shape index (κ3) is 4.95. The molecule has 0 bridgehead atoms. The molecule has 11 heteroatoms. The molecule has 1 aliphatic rings. The van der Waals surface area contributed by atoms with Crippen molar-refractivity contribution < 1.29 is 27.7 Å². The van der Waals surface area contributed by atoms with Crippen LogP contribution in [0.15, 0.2) is 18.2 Å². The van der Waals surface area contributed by atoms with Gasteiger partial charge in [0.15, 0.2) is 15.9 Å². The van der Waals surface area contributed by atoms with E-state index < -0.39 is 38.8 Å². The van der Waals surface area contributed by atoms with Crippen molar-refractivity contribution in [2.75, 3.05) is 18.1 Å². The van der Waals surface area contributed by atoms with E-state index in [-0.39, 0.29) is 34.3 Å². The van der Waals surface area contributed by atoms with Crippen LogP contribution in [0.5, 0.6) is 0 Å². The van der Waals surface area contributed by atoms with E-state index in [1.165, 1.54) is 11.8 Å². The van der Waals surface area contributed by atoms with Crippen LogP contribution < -0.4 is 0 Å². The number of nitrogens with zero attached hydrogens (tertiary/aromatic N) is 2. The Kier molecular flexibility index (Phi) is 6.42. The number of nitro benzene ring substituents is 1. The Labute approximate surface area is 161 Å². The Morgan fingerprint density at radius 2 is 2.11 bits per heavy atom. The van der Waals surface area contributed by atoms with E-state index in [9.17, 15) is 28.1 Å². The van der Waals surface area contributed by atoms with Crippen molar-refractivity contribution in [2.24, 2.45) is 0 Å². The van der Waals surface area contributed by atoms with Gasteiger partial charge in [-0.05, 0) is 26.3 Å². The van der Waals surface area contributed by atoms with E-state index >= 15 is 0 Å². The molecule has 148 valence electrons. The fourth-order valence-electron chi connectivity index (χ4n) is 2.91. The van der Waals surface area contributed by atoms with Crippen LogP contribution in [-0.4, -0.2) is 60.3 Å². The van der Waals surface area contributed by atoms with E-state index in [0.717, 1.165) is 18.2 Å². The van der Waals surface area contributed by atoms with Gasteiger partial charge in [0.05, 0.1) is 27.0 Å². The minimum atomic E-state index is -3.17. The molecule has 1 saturated heterocycles. The average Bonchev–Trinajstić information content (AvgIpc) is 2.94. The normalized spacial score (nSPS) is 19.3. The summed E-state index contributed by atoms with van der Waals surface area (Å²) in [7, 11) is -3.17. The number of non-ortho nitro benzene ring substituents is 1. The van der Waals surface area contributed by atoms with Gasteiger partial charge in [0.2, 0.25) is 0 Å². The van der Waals surface area contributed by atoms with E-state index in [1.807, 2.05) is 0 Å². The van der Waals surface area contributed by atoms with Gasteiger partial charge in [0.25, 0.3) is 11.6 Å². The molecule has 0 spiro atoms. The van der Waals surface area contributed by atoms with Crippen molar-refractivity contribution in [1.29, 1.82) is 0 Å². The number of nitro groups is 1. The minimum Gasteiger partial charge on any atom is -0.449 e. The van der Waals surface area contributed by atoms with Gasteiger partial charge in [-0.25, -0.2) is 13.2 Å². The van der Waals surface area contributed by atoms with E-state index in [0.29, 0.717) is 6.42 Å². The molecule has 2 atom stereocenters. The van der Waals surface area contributed by atoms with Gasteiger partial charge in [-0.15, -0.1) is 0 Å². The Balaban J connectivity index is 2.09. The van der Waals surface area contributed by atoms with Crippen LogP contribution >= 0.6 is 11.6 Å². The van der Waals surface area contributed by atoms with Crippen LogP contribution in [-0.2, 0) is 19.4 Å². The molecule has 2 rings (SSSR count). The van der Waals surface area contributed by atoms with Gasteiger partial charge in [0.1, 0.15) is 0 Å². The smallest absolute Gasteiger partial charge is 0.340 e. The predicted molar refractivity (Wildman–Crippen MR) is 97.4 cm³/mol. The number of hydrogen-bond donors (Lipinski definition) is 0. The maximum absolute atomic E-state index is 12.6. The molecule has 1 aromatic rings. The molecule has 9 nitrogen and oxygen atoms in total. The standard InChI is InChI=1S/C16H19ClN2O7S/c1-3-18(12-6-7-27(24,25)9-12)15(20)10(2)26-16(21)13-5-4-11(19(22)23)8-14(13)17/h4-5,8,10,12H,3,6-7,9H2,1-2H3/t10-,12+/m0/s1. The average molecular weight is 419 g/mol. The summed E-state index contributed by atoms with van der Waals surface area (Å²) in [5.74, 6) is -1.49. The number of likely N-dealkylation sites (N-methyl/N-ethyl adjacent to an activating group) is 1.